The SMILES string of the molecule is CC(C)COC(=O)Nc1c(Oc2ccccc2)cc(O)c2c1C(=O)c1ccccc1C2=O. The number of para-hydroxylation sites is 1. The molecule has 0 radical (unpaired) electrons. The van der Waals surface area contributed by atoms with Gasteiger partial charge in [-0.1, -0.05) is 56.3 Å². The van der Waals surface area contributed by atoms with Gasteiger partial charge in [-0.25, -0.2) is 4.79 Å². The molecule has 162 valence electrons. The number of carbonyl (C=O) groups excluding carboxylic acids is 3. The first-order valence-electron chi connectivity index (χ1n) is 10.1. The van der Waals surface area contributed by atoms with Gasteiger partial charge in [0.25, 0.3) is 0 Å². The van der Waals surface area contributed by atoms with Crippen molar-refractivity contribution in [2.24, 2.45) is 5.92 Å². The Morgan fingerprint density at radius 3 is 2.16 bits per heavy atom. The molecule has 0 aromatic heterocycles. The average Bonchev–Trinajstić information content (AvgIpc) is 2.78. The molecule has 7 heteroatoms. The number of phenols is 1. The van der Waals surface area contributed by atoms with E-state index < -0.39 is 23.4 Å². The minimum atomic E-state index is -0.802. The maximum atomic E-state index is 13.4. The van der Waals surface area contributed by atoms with Crippen LogP contribution >= 0.6 is 0 Å². The second kappa shape index (κ2) is 8.55. The molecule has 0 aliphatic heterocycles. The molecule has 0 saturated carbocycles. The molecule has 2 N–H and O–H groups in total. The van der Waals surface area contributed by atoms with Crippen LogP contribution in [0.5, 0.6) is 17.2 Å². The third kappa shape index (κ3) is 3.92. The highest BCUT2D eigenvalue weighted by molar-refractivity contribution is 6.31. The van der Waals surface area contributed by atoms with Crippen molar-refractivity contribution in [1.82, 2.24) is 0 Å². The summed E-state index contributed by atoms with van der Waals surface area (Å²) >= 11 is 0. The number of hydrogen-bond acceptors (Lipinski definition) is 6. The standard InChI is InChI=1S/C25H21NO6/c1-14(2)13-31-25(30)26-22-19(32-15-8-4-3-5-9-15)12-18(27)20-21(22)24(29)17-11-7-6-10-16(17)23(20)28/h3-12,14,27H,13H2,1-2H3,(H,26,30). The van der Waals surface area contributed by atoms with Crippen molar-refractivity contribution in [3.05, 3.63) is 82.9 Å². The van der Waals surface area contributed by atoms with Gasteiger partial charge in [0.15, 0.2) is 17.3 Å². The Balaban J connectivity index is 1.86. The van der Waals surface area contributed by atoms with E-state index in [2.05, 4.69) is 5.32 Å². The molecule has 4 rings (SSSR count). The topological polar surface area (TPSA) is 102 Å². The fourth-order valence-corrected chi connectivity index (χ4v) is 3.45. The predicted molar refractivity (Wildman–Crippen MR) is 118 cm³/mol. The second-order valence-corrected chi connectivity index (χ2v) is 7.76. The summed E-state index contributed by atoms with van der Waals surface area (Å²) in [5, 5.41) is 13.2. The Bertz CT molecular complexity index is 1220. The molecule has 0 fully saturated rings. The Kier molecular flexibility index (Phi) is 5.64. The van der Waals surface area contributed by atoms with Crippen molar-refractivity contribution in [2.45, 2.75) is 13.8 Å². The van der Waals surface area contributed by atoms with E-state index in [1.165, 1.54) is 18.2 Å². The van der Waals surface area contributed by atoms with E-state index in [1.54, 1.807) is 42.5 Å². The minimum Gasteiger partial charge on any atom is -0.507 e. The zero-order chi connectivity index (χ0) is 22.8. The Hall–Kier alpha value is -4.13. The van der Waals surface area contributed by atoms with E-state index in [9.17, 15) is 19.5 Å². The van der Waals surface area contributed by atoms with Crippen LogP contribution in [0.3, 0.4) is 0 Å². The highest BCUT2D eigenvalue weighted by Crippen LogP contribution is 2.44. The van der Waals surface area contributed by atoms with Crippen LogP contribution in [0.2, 0.25) is 0 Å². The number of benzene rings is 3. The normalized spacial score (nSPS) is 12.2. The number of aromatic hydroxyl groups is 1. The van der Waals surface area contributed by atoms with Gasteiger partial charge in [-0.05, 0) is 18.1 Å². The van der Waals surface area contributed by atoms with Gasteiger partial charge < -0.3 is 14.6 Å². The molecule has 0 unspecified atom stereocenters. The smallest absolute Gasteiger partial charge is 0.411 e. The van der Waals surface area contributed by atoms with Crippen LogP contribution in [0.4, 0.5) is 10.5 Å². The summed E-state index contributed by atoms with van der Waals surface area (Å²) in [6.45, 7) is 3.94. The summed E-state index contributed by atoms with van der Waals surface area (Å²) in [6.07, 6.45) is -0.802. The van der Waals surface area contributed by atoms with Crippen molar-refractivity contribution in [3.63, 3.8) is 0 Å². The third-order valence-electron chi connectivity index (χ3n) is 4.89. The van der Waals surface area contributed by atoms with Crippen molar-refractivity contribution < 1.29 is 29.0 Å². The third-order valence-corrected chi connectivity index (χ3v) is 4.89. The van der Waals surface area contributed by atoms with Crippen LogP contribution in [0.1, 0.15) is 45.7 Å². The van der Waals surface area contributed by atoms with E-state index in [1.807, 2.05) is 13.8 Å². The van der Waals surface area contributed by atoms with E-state index in [0.717, 1.165) is 0 Å². The van der Waals surface area contributed by atoms with Gasteiger partial charge in [0.05, 0.1) is 23.4 Å². The number of ether oxygens (including phenoxy) is 2. The second-order valence-electron chi connectivity index (χ2n) is 7.76. The molecule has 3 aromatic carbocycles. The van der Waals surface area contributed by atoms with Gasteiger partial charge >= 0.3 is 6.09 Å². The van der Waals surface area contributed by atoms with Crippen LogP contribution in [-0.2, 0) is 4.74 Å². The summed E-state index contributed by atoms with van der Waals surface area (Å²) in [5.74, 6) is -0.917. The van der Waals surface area contributed by atoms with Crippen LogP contribution < -0.4 is 10.1 Å². The predicted octanol–water partition coefficient (Wildman–Crippen LogP) is 5.16. The first-order chi connectivity index (χ1) is 15.4. The average molecular weight is 431 g/mol. The van der Waals surface area contributed by atoms with Gasteiger partial charge in [-0.3, -0.25) is 14.9 Å². The lowest BCUT2D eigenvalue weighted by Crippen LogP contribution is -2.25. The number of carbonyl (C=O) groups is 3. The Morgan fingerprint density at radius 1 is 0.938 bits per heavy atom. The molecule has 0 bridgehead atoms. The first kappa shape index (κ1) is 21.1. The van der Waals surface area contributed by atoms with Gasteiger partial charge in [0, 0.05) is 17.2 Å². The molecular weight excluding hydrogens is 410 g/mol. The summed E-state index contributed by atoms with van der Waals surface area (Å²) in [5.41, 5.74) is 0.00267. The van der Waals surface area contributed by atoms with Crippen LogP contribution in [0.25, 0.3) is 0 Å². The summed E-state index contributed by atoms with van der Waals surface area (Å²) in [6, 6.07) is 16.2. The summed E-state index contributed by atoms with van der Waals surface area (Å²) < 4.78 is 11.1. The van der Waals surface area contributed by atoms with E-state index in [-0.39, 0.29) is 46.2 Å². The Labute approximate surface area is 184 Å². The fraction of sp³-hybridized carbons (Fsp3) is 0.160. The zero-order valence-corrected chi connectivity index (χ0v) is 17.5. The molecule has 0 heterocycles. The van der Waals surface area contributed by atoms with Crippen molar-refractivity contribution >= 4 is 23.3 Å². The lowest BCUT2D eigenvalue weighted by molar-refractivity contribution is 0.0977. The lowest BCUT2D eigenvalue weighted by atomic mass is 9.82. The summed E-state index contributed by atoms with van der Waals surface area (Å²) in [7, 11) is 0. The quantitative estimate of drug-likeness (QED) is 0.423. The molecule has 1 aliphatic carbocycles. The van der Waals surface area contributed by atoms with E-state index in [4.69, 9.17) is 9.47 Å². The number of hydrogen-bond donors (Lipinski definition) is 2. The minimum absolute atomic E-state index is 0.00878. The fourth-order valence-electron chi connectivity index (χ4n) is 3.45. The van der Waals surface area contributed by atoms with Crippen molar-refractivity contribution in [1.29, 1.82) is 0 Å². The summed E-state index contributed by atoms with van der Waals surface area (Å²) in [4.78, 5) is 38.9. The largest absolute Gasteiger partial charge is 0.507 e. The highest BCUT2D eigenvalue weighted by Gasteiger charge is 2.36. The molecule has 0 atom stereocenters. The molecule has 0 saturated heterocycles. The number of nitrogens with one attached hydrogen (secondary N) is 1. The molecule has 0 spiro atoms. The zero-order valence-electron chi connectivity index (χ0n) is 17.5. The number of ketones is 2. The highest BCUT2D eigenvalue weighted by atomic mass is 16.5. The number of anilines is 1. The van der Waals surface area contributed by atoms with Crippen LogP contribution in [-0.4, -0.2) is 29.4 Å². The van der Waals surface area contributed by atoms with Gasteiger partial charge in [0.2, 0.25) is 0 Å². The van der Waals surface area contributed by atoms with Crippen molar-refractivity contribution in [3.8, 4) is 17.2 Å². The van der Waals surface area contributed by atoms with Crippen molar-refractivity contribution in [2.75, 3.05) is 11.9 Å². The van der Waals surface area contributed by atoms with Gasteiger partial charge in [-0.15, -0.1) is 0 Å². The molecule has 1 amide bonds. The molecule has 7 nitrogen and oxygen atoms in total. The molecule has 3 aromatic rings. The van der Waals surface area contributed by atoms with Crippen LogP contribution in [0.15, 0.2) is 60.7 Å². The van der Waals surface area contributed by atoms with Gasteiger partial charge in [0.1, 0.15) is 11.5 Å². The number of amides is 1. The maximum Gasteiger partial charge on any atom is 0.411 e. The number of rotatable bonds is 5. The lowest BCUT2D eigenvalue weighted by Gasteiger charge is -2.23. The molecule has 1 aliphatic rings. The Morgan fingerprint density at radius 2 is 1.53 bits per heavy atom. The maximum absolute atomic E-state index is 13.4. The first-order valence-corrected chi connectivity index (χ1v) is 10.1. The molecular formula is C25H21NO6. The number of fused-ring (bicyclic) bond motifs is 2. The van der Waals surface area contributed by atoms with E-state index >= 15 is 0 Å². The van der Waals surface area contributed by atoms with Crippen LogP contribution in [0, 0.1) is 5.92 Å². The van der Waals surface area contributed by atoms with E-state index in [0.29, 0.717) is 5.75 Å². The number of phenolic OH excluding ortho intramolecular Hbond substituents is 1. The molecule has 32 heavy (non-hydrogen) atoms. The monoisotopic (exact) mass is 431 g/mol. The van der Waals surface area contributed by atoms with Gasteiger partial charge in [-0.2, -0.15) is 0 Å².